The van der Waals surface area contributed by atoms with E-state index in [0.29, 0.717) is 11.5 Å². The molecule has 3 aliphatic rings. The highest BCUT2D eigenvalue weighted by Crippen LogP contribution is 2.52. The van der Waals surface area contributed by atoms with Crippen molar-refractivity contribution in [2.24, 2.45) is 11.3 Å². The molecule has 26 heavy (non-hydrogen) atoms. The lowest BCUT2D eigenvalue weighted by atomic mass is 9.71. The van der Waals surface area contributed by atoms with Crippen LogP contribution in [0.4, 0.5) is 0 Å². The van der Waals surface area contributed by atoms with E-state index >= 15 is 0 Å². The summed E-state index contributed by atoms with van der Waals surface area (Å²) in [7, 11) is 0. The Balaban J connectivity index is 1.47. The van der Waals surface area contributed by atoms with Crippen molar-refractivity contribution in [3.8, 4) is 0 Å². The van der Waals surface area contributed by atoms with E-state index in [-0.39, 0.29) is 23.9 Å². The van der Waals surface area contributed by atoms with Crippen LogP contribution in [0.2, 0.25) is 0 Å². The Labute approximate surface area is 154 Å². The molecule has 3 fully saturated rings. The first kappa shape index (κ1) is 17.6. The number of ether oxygens (including phenoxy) is 1. The van der Waals surface area contributed by atoms with Gasteiger partial charge >= 0.3 is 0 Å². The van der Waals surface area contributed by atoms with Crippen molar-refractivity contribution in [3.63, 3.8) is 0 Å². The SMILES string of the molecule is CC[C@@]1(C(=O)NCC2CCOCC2)C[C@@H]2CC[C@H]1N2C(=O)c1ccoc1. The summed E-state index contributed by atoms with van der Waals surface area (Å²) >= 11 is 0. The third-order valence-corrected chi connectivity index (χ3v) is 6.72. The molecule has 0 spiro atoms. The molecule has 2 bridgehead atoms. The van der Waals surface area contributed by atoms with Gasteiger partial charge in [-0.05, 0) is 50.5 Å². The van der Waals surface area contributed by atoms with Gasteiger partial charge in [0.05, 0.1) is 17.2 Å². The average molecular weight is 360 g/mol. The summed E-state index contributed by atoms with van der Waals surface area (Å²) in [6.07, 6.45) is 8.49. The Bertz CT molecular complexity index is 653. The van der Waals surface area contributed by atoms with E-state index in [1.165, 1.54) is 12.5 Å². The molecule has 4 rings (SSSR count). The molecule has 0 aliphatic carbocycles. The molecule has 4 heterocycles. The summed E-state index contributed by atoms with van der Waals surface area (Å²) in [5, 5.41) is 3.21. The maximum atomic E-state index is 13.2. The second kappa shape index (κ2) is 7.06. The molecule has 1 aromatic rings. The van der Waals surface area contributed by atoms with Crippen molar-refractivity contribution in [3.05, 3.63) is 24.2 Å². The first-order chi connectivity index (χ1) is 12.7. The van der Waals surface area contributed by atoms with Gasteiger partial charge in [-0.2, -0.15) is 0 Å². The Hall–Kier alpha value is -1.82. The molecule has 0 unspecified atom stereocenters. The largest absolute Gasteiger partial charge is 0.472 e. The van der Waals surface area contributed by atoms with Gasteiger partial charge in [-0.15, -0.1) is 0 Å². The van der Waals surface area contributed by atoms with E-state index in [0.717, 1.165) is 58.3 Å². The zero-order valence-electron chi connectivity index (χ0n) is 15.4. The number of fused-ring (bicyclic) bond motifs is 2. The number of carbonyl (C=O) groups excluding carboxylic acids is 2. The average Bonchev–Trinajstić information content (AvgIpc) is 3.41. The Morgan fingerprint density at radius 1 is 1.27 bits per heavy atom. The van der Waals surface area contributed by atoms with Gasteiger partial charge in [0.2, 0.25) is 5.91 Å². The monoisotopic (exact) mass is 360 g/mol. The fraction of sp³-hybridized carbons (Fsp3) is 0.700. The highest BCUT2D eigenvalue weighted by molar-refractivity contribution is 5.96. The van der Waals surface area contributed by atoms with Crippen molar-refractivity contribution in [1.82, 2.24) is 10.2 Å². The van der Waals surface area contributed by atoms with Crippen LogP contribution in [0.25, 0.3) is 0 Å². The summed E-state index contributed by atoms with van der Waals surface area (Å²) in [4.78, 5) is 28.1. The molecule has 1 N–H and O–H groups in total. The second-order valence-corrected chi connectivity index (χ2v) is 7.95. The van der Waals surface area contributed by atoms with Gasteiger partial charge in [0.25, 0.3) is 5.91 Å². The fourth-order valence-corrected chi connectivity index (χ4v) is 5.17. The third-order valence-electron chi connectivity index (χ3n) is 6.72. The lowest BCUT2D eigenvalue weighted by molar-refractivity contribution is -0.133. The van der Waals surface area contributed by atoms with Gasteiger partial charge in [-0.25, -0.2) is 0 Å². The lowest BCUT2D eigenvalue weighted by Crippen LogP contribution is -2.50. The smallest absolute Gasteiger partial charge is 0.257 e. The maximum absolute atomic E-state index is 13.2. The summed E-state index contributed by atoms with van der Waals surface area (Å²) in [5.74, 6) is 0.631. The molecule has 1 aromatic heterocycles. The summed E-state index contributed by atoms with van der Waals surface area (Å²) < 4.78 is 10.5. The van der Waals surface area contributed by atoms with Gasteiger partial charge in [0.1, 0.15) is 6.26 Å². The van der Waals surface area contributed by atoms with E-state index < -0.39 is 5.41 Å². The molecule has 2 amide bonds. The standard InChI is InChI=1S/C20H28N2O4/c1-2-20(19(24)21-12-14-5-8-25-9-6-14)11-16-3-4-17(20)22(16)18(23)15-7-10-26-13-15/h7,10,13-14,16-17H,2-6,8-9,11-12H2,1H3,(H,21,24)/t16-,17+,20+/m0/s1. The molecule has 6 heteroatoms. The van der Waals surface area contributed by atoms with Crippen LogP contribution in [-0.4, -0.2) is 48.6 Å². The van der Waals surface area contributed by atoms with E-state index in [1.54, 1.807) is 6.07 Å². The first-order valence-electron chi connectivity index (χ1n) is 9.86. The second-order valence-electron chi connectivity index (χ2n) is 7.95. The lowest BCUT2D eigenvalue weighted by Gasteiger charge is -2.36. The molecule has 3 aliphatic heterocycles. The Morgan fingerprint density at radius 3 is 2.77 bits per heavy atom. The minimum Gasteiger partial charge on any atom is -0.472 e. The minimum atomic E-state index is -0.451. The highest BCUT2D eigenvalue weighted by atomic mass is 16.5. The number of amides is 2. The van der Waals surface area contributed by atoms with Gasteiger partial charge in [-0.3, -0.25) is 9.59 Å². The molecule has 0 aromatic carbocycles. The normalized spacial score (nSPS) is 31.3. The van der Waals surface area contributed by atoms with Crippen molar-refractivity contribution in [2.45, 2.75) is 57.5 Å². The van der Waals surface area contributed by atoms with Crippen LogP contribution >= 0.6 is 0 Å². The van der Waals surface area contributed by atoms with Crippen LogP contribution in [0.1, 0.15) is 55.8 Å². The molecular formula is C20H28N2O4. The molecule has 6 nitrogen and oxygen atoms in total. The van der Waals surface area contributed by atoms with Crippen molar-refractivity contribution in [2.75, 3.05) is 19.8 Å². The molecule has 142 valence electrons. The van der Waals surface area contributed by atoms with Crippen molar-refractivity contribution < 1.29 is 18.7 Å². The molecule has 0 radical (unpaired) electrons. The van der Waals surface area contributed by atoms with Crippen LogP contribution in [0.3, 0.4) is 0 Å². The first-order valence-corrected chi connectivity index (χ1v) is 9.86. The fourth-order valence-electron chi connectivity index (χ4n) is 5.17. The van der Waals surface area contributed by atoms with Crippen LogP contribution in [0, 0.1) is 11.3 Å². The van der Waals surface area contributed by atoms with E-state index in [2.05, 4.69) is 12.2 Å². The highest BCUT2D eigenvalue weighted by Gasteiger charge is 2.60. The van der Waals surface area contributed by atoms with Crippen LogP contribution < -0.4 is 5.32 Å². The Morgan fingerprint density at radius 2 is 2.08 bits per heavy atom. The third kappa shape index (κ3) is 2.84. The summed E-state index contributed by atoms with van der Waals surface area (Å²) in [5.41, 5.74) is 0.129. The molecular weight excluding hydrogens is 332 g/mol. The number of carbonyl (C=O) groups is 2. The summed E-state index contributed by atoms with van der Waals surface area (Å²) in [6.45, 7) is 4.38. The summed E-state index contributed by atoms with van der Waals surface area (Å²) in [6, 6.07) is 1.87. The van der Waals surface area contributed by atoms with Gasteiger partial charge < -0.3 is 19.4 Å². The van der Waals surface area contributed by atoms with Crippen molar-refractivity contribution in [1.29, 1.82) is 0 Å². The van der Waals surface area contributed by atoms with E-state index in [4.69, 9.17) is 9.15 Å². The number of nitrogens with one attached hydrogen (secondary N) is 1. The number of hydrogen-bond acceptors (Lipinski definition) is 4. The zero-order chi connectivity index (χ0) is 18.1. The minimum absolute atomic E-state index is 0.00111. The van der Waals surface area contributed by atoms with Crippen LogP contribution in [0.5, 0.6) is 0 Å². The quantitative estimate of drug-likeness (QED) is 0.876. The van der Waals surface area contributed by atoms with Gasteiger partial charge in [-0.1, -0.05) is 6.92 Å². The van der Waals surface area contributed by atoms with Crippen LogP contribution in [-0.2, 0) is 9.53 Å². The van der Waals surface area contributed by atoms with E-state index in [9.17, 15) is 9.59 Å². The number of hydrogen-bond donors (Lipinski definition) is 1. The number of nitrogens with zero attached hydrogens (tertiary/aromatic N) is 1. The van der Waals surface area contributed by atoms with Gasteiger partial charge in [0, 0.05) is 31.8 Å². The topological polar surface area (TPSA) is 71.8 Å². The zero-order valence-corrected chi connectivity index (χ0v) is 15.4. The number of rotatable bonds is 5. The molecule has 0 saturated carbocycles. The Kier molecular flexibility index (Phi) is 4.78. The maximum Gasteiger partial charge on any atom is 0.257 e. The van der Waals surface area contributed by atoms with Gasteiger partial charge in [0.15, 0.2) is 0 Å². The predicted molar refractivity (Wildman–Crippen MR) is 95.6 cm³/mol. The predicted octanol–water partition coefficient (Wildman–Crippen LogP) is 2.60. The van der Waals surface area contributed by atoms with Crippen molar-refractivity contribution >= 4 is 11.8 Å². The van der Waals surface area contributed by atoms with E-state index in [1.807, 2.05) is 4.90 Å². The van der Waals surface area contributed by atoms with Crippen LogP contribution in [0.15, 0.2) is 23.0 Å². The number of furan rings is 1. The molecule has 3 atom stereocenters. The molecule has 3 saturated heterocycles.